The van der Waals surface area contributed by atoms with Crippen LogP contribution in [0, 0.1) is 0 Å². The summed E-state index contributed by atoms with van der Waals surface area (Å²) in [6, 6.07) is 13.9. The Morgan fingerprint density at radius 3 is 2.65 bits per heavy atom. The van der Waals surface area contributed by atoms with E-state index < -0.39 is 10.0 Å². The fourth-order valence-electron chi connectivity index (χ4n) is 3.72. The van der Waals surface area contributed by atoms with Crippen LogP contribution in [0.1, 0.15) is 31.6 Å². The third-order valence-corrected chi connectivity index (χ3v) is 7.16. The first kappa shape index (κ1) is 21.3. The Kier molecular flexibility index (Phi) is 6.24. The quantitative estimate of drug-likeness (QED) is 0.549. The third kappa shape index (κ3) is 4.42. The molecule has 2 heterocycles. The van der Waals surface area contributed by atoms with Crippen LogP contribution in [-0.2, 0) is 10.0 Å². The van der Waals surface area contributed by atoms with Gasteiger partial charge in [0, 0.05) is 13.1 Å². The Hall–Kier alpha value is -2.91. The van der Waals surface area contributed by atoms with E-state index in [0.717, 1.165) is 6.42 Å². The van der Waals surface area contributed by atoms with Crippen molar-refractivity contribution in [3.63, 3.8) is 0 Å². The van der Waals surface area contributed by atoms with Gasteiger partial charge in [0.25, 0.3) is 5.89 Å². The maximum absolute atomic E-state index is 13.1. The summed E-state index contributed by atoms with van der Waals surface area (Å²) < 4.78 is 44.5. The number of ether oxygens (including phenoxy) is 2. The Labute approximate surface area is 181 Å². The topological polar surface area (TPSA) is 94.8 Å². The molecular formula is C22H25N3O5S. The normalized spacial score (nSPS) is 17.4. The van der Waals surface area contributed by atoms with Gasteiger partial charge in [0.2, 0.25) is 15.9 Å². The van der Waals surface area contributed by atoms with E-state index in [2.05, 4.69) is 10.2 Å². The molecule has 1 aliphatic heterocycles. The molecule has 1 fully saturated rings. The maximum Gasteiger partial charge on any atom is 0.251 e. The van der Waals surface area contributed by atoms with Crippen molar-refractivity contribution in [2.45, 2.75) is 30.6 Å². The number of hydrogen-bond donors (Lipinski definition) is 0. The van der Waals surface area contributed by atoms with Crippen LogP contribution in [-0.4, -0.2) is 49.7 Å². The summed E-state index contributed by atoms with van der Waals surface area (Å²) in [7, 11) is -2.04. The van der Waals surface area contributed by atoms with E-state index >= 15 is 0 Å². The van der Waals surface area contributed by atoms with Gasteiger partial charge in [-0.25, -0.2) is 8.42 Å². The van der Waals surface area contributed by atoms with Crippen LogP contribution < -0.4 is 9.47 Å². The molecule has 0 spiro atoms. The SMILES string of the molecule is CCOc1ccc(S(=O)(=O)N2CCCC(c3nnc(-c4ccccc4OC)o3)C2)cc1. The van der Waals surface area contributed by atoms with Crippen molar-refractivity contribution in [1.29, 1.82) is 0 Å². The van der Waals surface area contributed by atoms with Gasteiger partial charge in [0.05, 0.1) is 30.1 Å². The van der Waals surface area contributed by atoms with Crippen LogP contribution in [0.15, 0.2) is 57.8 Å². The molecule has 1 atom stereocenters. The van der Waals surface area contributed by atoms with Crippen LogP contribution >= 0.6 is 0 Å². The molecule has 1 unspecified atom stereocenters. The number of rotatable bonds is 7. The van der Waals surface area contributed by atoms with Crippen molar-refractivity contribution in [3.8, 4) is 23.0 Å². The Bertz CT molecular complexity index is 1130. The van der Waals surface area contributed by atoms with E-state index in [1.165, 1.54) is 4.31 Å². The Morgan fingerprint density at radius 1 is 1.13 bits per heavy atom. The number of nitrogens with zero attached hydrogens (tertiary/aromatic N) is 3. The molecule has 0 bridgehead atoms. The fourth-order valence-corrected chi connectivity index (χ4v) is 5.24. The van der Waals surface area contributed by atoms with Crippen molar-refractivity contribution >= 4 is 10.0 Å². The van der Waals surface area contributed by atoms with Crippen molar-refractivity contribution in [1.82, 2.24) is 14.5 Å². The number of piperidine rings is 1. The number of aromatic nitrogens is 2. The Balaban J connectivity index is 1.53. The Morgan fingerprint density at radius 2 is 1.90 bits per heavy atom. The largest absolute Gasteiger partial charge is 0.496 e. The number of para-hydroxylation sites is 1. The lowest BCUT2D eigenvalue weighted by Gasteiger charge is -2.30. The first-order valence-corrected chi connectivity index (χ1v) is 11.7. The summed E-state index contributed by atoms with van der Waals surface area (Å²) in [4.78, 5) is 0.247. The summed E-state index contributed by atoms with van der Waals surface area (Å²) in [5.41, 5.74) is 0.707. The van der Waals surface area contributed by atoms with Crippen LogP contribution in [0.5, 0.6) is 11.5 Å². The smallest absolute Gasteiger partial charge is 0.251 e. The average molecular weight is 444 g/mol. The number of hydrogen-bond acceptors (Lipinski definition) is 7. The van der Waals surface area contributed by atoms with Crippen molar-refractivity contribution < 1.29 is 22.3 Å². The minimum absolute atomic E-state index is 0.165. The van der Waals surface area contributed by atoms with Gasteiger partial charge in [-0.15, -0.1) is 10.2 Å². The van der Waals surface area contributed by atoms with E-state index in [1.54, 1.807) is 31.4 Å². The summed E-state index contributed by atoms with van der Waals surface area (Å²) in [6.07, 6.45) is 1.50. The van der Waals surface area contributed by atoms with Crippen LogP contribution in [0.25, 0.3) is 11.5 Å². The number of sulfonamides is 1. The summed E-state index contributed by atoms with van der Waals surface area (Å²) in [6.45, 7) is 3.17. The van der Waals surface area contributed by atoms with Crippen LogP contribution in [0.2, 0.25) is 0 Å². The lowest BCUT2D eigenvalue weighted by molar-refractivity contribution is 0.286. The van der Waals surface area contributed by atoms with Crippen molar-refractivity contribution in [2.24, 2.45) is 0 Å². The van der Waals surface area contributed by atoms with Crippen molar-refractivity contribution in [2.75, 3.05) is 26.8 Å². The van der Waals surface area contributed by atoms with E-state index in [1.807, 2.05) is 31.2 Å². The van der Waals surface area contributed by atoms with Crippen molar-refractivity contribution in [3.05, 3.63) is 54.4 Å². The summed E-state index contributed by atoms with van der Waals surface area (Å²) >= 11 is 0. The molecule has 0 N–H and O–H groups in total. The molecule has 0 amide bonds. The molecule has 31 heavy (non-hydrogen) atoms. The predicted molar refractivity (Wildman–Crippen MR) is 115 cm³/mol. The first-order valence-electron chi connectivity index (χ1n) is 10.2. The van der Waals surface area contributed by atoms with Gasteiger partial charge >= 0.3 is 0 Å². The highest BCUT2D eigenvalue weighted by molar-refractivity contribution is 7.89. The van der Waals surface area contributed by atoms with Gasteiger partial charge in [-0.3, -0.25) is 0 Å². The highest BCUT2D eigenvalue weighted by Gasteiger charge is 2.33. The van der Waals surface area contributed by atoms with E-state index in [0.29, 0.717) is 55.0 Å². The minimum Gasteiger partial charge on any atom is -0.496 e. The van der Waals surface area contributed by atoms with E-state index in [4.69, 9.17) is 13.9 Å². The highest BCUT2D eigenvalue weighted by Crippen LogP contribution is 2.33. The molecule has 0 aliphatic carbocycles. The molecule has 1 aromatic heterocycles. The maximum atomic E-state index is 13.1. The molecule has 2 aromatic carbocycles. The zero-order valence-electron chi connectivity index (χ0n) is 17.5. The fraction of sp³-hybridized carbons (Fsp3) is 0.364. The van der Waals surface area contributed by atoms with Gasteiger partial charge < -0.3 is 13.9 Å². The lowest BCUT2D eigenvalue weighted by atomic mass is 10.00. The molecule has 3 aromatic rings. The second kappa shape index (κ2) is 9.07. The predicted octanol–water partition coefficient (Wildman–Crippen LogP) is 3.71. The standard InChI is InChI=1S/C22H25N3O5S/c1-3-29-17-10-12-18(13-11-17)31(26,27)25-14-6-7-16(15-25)21-23-24-22(30-21)19-8-4-5-9-20(19)28-2/h4-5,8-13,16H,3,6-7,14-15H2,1-2H3. The molecule has 9 heteroatoms. The minimum atomic E-state index is -3.62. The highest BCUT2D eigenvalue weighted by atomic mass is 32.2. The average Bonchev–Trinajstić information content (AvgIpc) is 3.30. The number of benzene rings is 2. The number of methoxy groups -OCH3 is 1. The molecule has 0 radical (unpaired) electrons. The van der Waals surface area contributed by atoms with E-state index in [-0.39, 0.29) is 10.8 Å². The first-order chi connectivity index (χ1) is 15.0. The monoisotopic (exact) mass is 443 g/mol. The van der Waals surface area contributed by atoms with Crippen LogP contribution in [0.3, 0.4) is 0 Å². The second-order valence-electron chi connectivity index (χ2n) is 7.25. The molecular weight excluding hydrogens is 418 g/mol. The van der Waals surface area contributed by atoms with E-state index in [9.17, 15) is 8.42 Å². The molecule has 4 rings (SSSR count). The zero-order valence-corrected chi connectivity index (χ0v) is 18.3. The van der Waals surface area contributed by atoms with Gasteiger partial charge in [0.1, 0.15) is 11.5 Å². The zero-order chi connectivity index (χ0) is 21.8. The van der Waals surface area contributed by atoms with Crippen LogP contribution in [0.4, 0.5) is 0 Å². The summed E-state index contributed by atoms with van der Waals surface area (Å²) in [5, 5.41) is 8.37. The van der Waals surface area contributed by atoms with Gasteiger partial charge in [0.15, 0.2) is 0 Å². The van der Waals surface area contributed by atoms with Gasteiger partial charge in [-0.2, -0.15) is 4.31 Å². The van der Waals surface area contributed by atoms with Gasteiger partial charge in [-0.05, 0) is 56.2 Å². The second-order valence-corrected chi connectivity index (χ2v) is 9.19. The van der Waals surface area contributed by atoms with Gasteiger partial charge in [-0.1, -0.05) is 12.1 Å². The molecule has 0 saturated carbocycles. The third-order valence-electron chi connectivity index (χ3n) is 5.28. The molecule has 8 nitrogen and oxygen atoms in total. The molecule has 1 aliphatic rings. The lowest BCUT2D eigenvalue weighted by Crippen LogP contribution is -2.39. The summed E-state index contributed by atoms with van der Waals surface area (Å²) in [5.74, 6) is 1.92. The molecule has 1 saturated heterocycles. The molecule has 164 valence electrons.